The number of carbonyl (C=O) groups excluding carboxylic acids is 2. The smallest absolute Gasteiger partial charge is 0.317 e. The summed E-state index contributed by atoms with van der Waals surface area (Å²) < 4.78 is 2.04. The average Bonchev–Trinajstić information content (AvgIpc) is 3.48. The summed E-state index contributed by atoms with van der Waals surface area (Å²) in [4.78, 5) is 31.5. The fourth-order valence-electron chi connectivity index (χ4n) is 6.04. The van der Waals surface area contributed by atoms with E-state index in [1.807, 2.05) is 21.6 Å². The molecule has 1 atom stereocenters. The molecule has 1 saturated carbocycles. The van der Waals surface area contributed by atoms with Crippen molar-refractivity contribution in [1.82, 2.24) is 30.0 Å². The summed E-state index contributed by atoms with van der Waals surface area (Å²) in [6, 6.07) is 19.2. The van der Waals surface area contributed by atoms with Gasteiger partial charge in [0.2, 0.25) is 6.41 Å². The van der Waals surface area contributed by atoms with E-state index in [-0.39, 0.29) is 12.1 Å². The average molecular weight is 598 g/mol. The molecule has 0 spiro atoms. The normalized spacial score (nSPS) is 17.2. The number of aryl methyl sites for hydroxylation is 1. The van der Waals surface area contributed by atoms with E-state index in [1.165, 1.54) is 30.4 Å². The zero-order valence-corrected chi connectivity index (χ0v) is 26.3. The Kier molecular flexibility index (Phi) is 12.8. The first-order valence-electron chi connectivity index (χ1n) is 15.9. The van der Waals surface area contributed by atoms with Gasteiger partial charge in [-0.25, -0.2) is 9.78 Å². The zero-order valence-electron chi connectivity index (χ0n) is 26.3. The van der Waals surface area contributed by atoms with Gasteiger partial charge >= 0.3 is 6.03 Å². The van der Waals surface area contributed by atoms with Crippen molar-refractivity contribution >= 4 is 12.4 Å². The molecular weight excluding hydrogens is 550 g/mol. The van der Waals surface area contributed by atoms with E-state index in [4.69, 9.17) is 5.26 Å². The number of aromatic nitrogens is 2. The molecule has 9 heteroatoms. The van der Waals surface area contributed by atoms with Gasteiger partial charge in [0.15, 0.2) is 0 Å². The third kappa shape index (κ3) is 10.2. The van der Waals surface area contributed by atoms with Crippen molar-refractivity contribution in [2.75, 3.05) is 32.7 Å². The summed E-state index contributed by atoms with van der Waals surface area (Å²) in [5.41, 5.74) is 5.57. The molecule has 9 nitrogen and oxygen atoms in total. The second-order valence-electron chi connectivity index (χ2n) is 12.0. The maximum absolute atomic E-state index is 12.6. The van der Waals surface area contributed by atoms with Crippen molar-refractivity contribution in [1.29, 1.82) is 5.26 Å². The molecule has 2 heterocycles. The predicted molar refractivity (Wildman–Crippen MR) is 173 cm³/mol. The number of nitrogens with one attached hydrogen (secondary N) is 2. The van der Waals surface area contributed by atoms with Gasteiger partial charge in [0.1, 0.15) is 0 Å². The largest absolute Gasteiger partial charge is 0.358 e. The van der Waals surface area contributed by atoms with Crippen molar-refractivity contribution in [3.8, 4) is 6.07 Å². The summed E-state index contributed by atoms with van der Waals surface area (Å²) >= 11 is 0. The lowest BCUT2D eigenvalue weighted by Gasteiger charge is -2.40. The Morgan fingerprint density at radius 1 is 1.07 bits per heavy atom. The van der Waals surface area contributed by atoms with Gasteiger partial charge in [0.25, 0.3) is 0 Å². The third-order valence-electron chi connectivity index (χ3n) is 8.55. The Hall–Kier alpha value is -4.16. The zero-order chi connectivity index (χ0) is 31.1. The summed E-state index contributed by atoms with van der Waals surface area (Å²) in [6.45, 7) is 9.51. The number of piperazine rings is 1. The van der Waals surface area contributed by atoms with Crippen molar-refractivity contribution in [2.24, 2.45) is 0 Å². The molecule has 2 aromatic carbocycles. The Balaban J connectivity index is 0.000000209. The molecule has 1 aliphatic heterocycles. The first kappa shape index (κ1) is 32.7. The van der Waals surface area contributed by atoms with Crippen LogP contribution in [0.25, 0.3) is 0 Å². The number of amides is 3. The van der Waals surface area contributed by atoms with Crippen LogP contribution in [0.4, 0.5) is 4.79 Å². The summed E-state index contributed by atoms with van der Waals surface area (Å²) in [5.74, 6) is 0. The number of hydrogen-bond donors (Lipinski definition) is 2. The van der Waals surface area contributed by atoms with Gasteiger partial charge in [0.05, 0.1) is 18.0 Å². The first-order chi connectivity index (χ1) is 21.4. The van der Waals surface area contributed by atoms with Crippen LogP contribution in [0.2, 0.25) is 0 Å². The van der Waals surface area contributed by atoms with Crippen LogP contribution < -0.4 is 10.6 Å². The fraction of sp³-hybridized carbons (Fsp3) is 0.486. The van der Waals surface area contributed by atoms with Gasteiger partial charge in [0, 0.05) is 69.7 Å². The third-order valence-corrected chi connectivity index (χ3v) is 8.55. The van der Waals surface area contributed by atoms with E-state index in [0.717, 1.165) is 63.1 Å². The van der Waals surface area contributed by atoms with E-state index < -0.39 is 0 Å². The second-order valence-corrected chi connectivity index (χ2v) is 12.0. The predicted octanol–water partition coefficient (Wildman–Crippen LogP) is 4.68. The number of carbonyl (C=O) groups is 2. The molecule has 2 aliphatic rings. The highest BCUT2D eigenvalue weighted by Gasteiger charge is 2.28. The molecule has 3 amide bonds. The highest BCUT2D eigenvalue weighted by Crippen LogP contribution is 2.19. The van der Waals surface area contributed by atoms with Crippen LogP contribution >= 0.6 is 0 Å². The summed E-state index contributed by atoms with van der Waals surface area (Å²) in [5, 5.41) is 14.7. The van der Waals surface area contributed by atoms with E-state index in [9.17, 15) is 9.59 Å². The number of nitrogens with zero attached hydrogens (tertiary/aromatic N) is 5. The summed E-state index contributed by atoms with van der Waals surface area (Å²) in [6.07, 6.45) is 12.2. The molecule has 2 fully saturated rings. The topological polar surface area (TPSA) is 106 Å². The van der Waals surface area contributed by atoms with E-state index in [1.54, 1.807) is 24.7 Å². The van der Waals surface area contributed by atoms with Gasteiger partial charge in [-0.05, 0) is 56.4 Å². The Labute approximate surface area is 262 Å². The van der Waals surface area contributed by atoms with Crippen LogP contribution in [0, 0.1) is 18.3 Å². The van der Waals surface area contributed by atoms with Gasteiger partial charge in [-0.1, -0.05) is 61.2 Å². The molecule has 3 aromatic rings. The lowest BCUT2D eigenvalue weighted by atomic mass is 9.96. The molecule has 234 valence electrons. The number of hydrogen-bond acceptors (Lipinski definition) is 5. The maximum Gasteiger partial charge on any atom is 0.317 e. The minimum absolute atomic E-state index is 0.151. The molecule has 5 rings (SSSR count). The van der Waals surface area contributed by atoms with Crippen LogP contribution in [0.5, 0.6) is 0 Å². The molecule has 44 heavy (non-hydrogen) atoms. The fourth-order valence-corrected chi connectivity index (χ4v) is 6.04. The second kappa shape index (κ2) is 17.2. The summed E-state index contributed by atoms with van der Waals surface area (Å²) in [7, 11) is 0. The molecule has 1 aromatic heterocycles. The van der Waals surface area contributed by atoms with Gasteiger partial charge in [-0.3, -0.25) is 9.69 Å². The van der Waals surface area contributed by atoms with Crippen LogP contribution in [-0.4, -0.2) is 76.6 Å². The molecule has 1 unspecified atom stereocenters. The highest BCUT2D eigenvalue weighted by molar-refractivity contribution is 5.75. The minimum Gasteiger partial charge on any atom is -0.358 e. The van der Waals surface area contributed by atoms with Gasteiger partial charge in [-0.2, -0.15) is 5.26 Å². The Morgan fingerprint density at radius 3 is 2.57 bits per heavy atom. The van der Waals surface area contributed by atoms with E-state index in [2.05, 4.69) is 64.7 Å². The Morgan fingerprint density at radius 2 is 1.86 bits per heavy atom. The van der Waals surface area contributed by atoms with Crippen LogP contribution in [0.3, 0.4) is 0 Å². The lowest BCUT2D eigenvalue weighted by molar-refractivity contribution is -0.109. The first-order valence-corrected chi connectivity index (χ1v) is 15.9. The number of urea groups is 1. The van der Waals surface area contributed by atoms with Crippen molar-refractivity contribution < 1.29 is 9.59 Å². The number of nitriles is 1. The van der Waals surface area contributed by atoms with Crippen molar-refractivity contribution in [3.63, 3.8) is 0 Å². The standard InChI is InChI=1S/C21H33N3O.C14H14N4O/c1-17-7-6-8-19(15-17)11-12-23-13-14-24(18(2)16-23)21(25)22-20-9-4-3-5-10-20;15-7-12-1-3-13(4-2-12)9-18-10-17-8-14(18)5-6-16-11-19/h6-8,15,18,20H,3-5,9-14,16H2,1-2H3,(H,22,25);1-4,8,10-11H,5-6,9H2,(H,16,19). The highest BCUT2D eigenvalue weighted by atomic mass is 16.2. The van der Waals surface area contributed by atoms with Crippen LogP contribution in [0.1, 0.15) is 67.0 Å². The van der Waals surface area contributed by atoms with E-state index >= 15 is 0 Å². The van der Waals surface area contributed by atoms with Crippen molar-refractivity contribution in [2.45, 2.75) is 77.4 Å². The molecule has 0 radical (unpaired) electrons. The maximum atomic E-state index is 12.6. The monoisotopic (exact) mass is 597 g/mol. The lowest BCUT2D eigenvalue weighted by Crippen LogP contribution is -2.58. The number of imidazole rings is 1. The number of rotatable bonds is 10. The molecule has 1 saturated heterocycles. The van der Waals surface area contributed by atoms with Gasteiger partial charge in [-0.15, -0.1) is 0 Å². The van der Waals surface area contributed by atoms with Gasteiger partial charge < -0.3 is 20.1 Å². The van der Waals surface area contributed by atoms with E-state index in [0.29, 0.717) is 31.1 Å². The molecule has 2 N–H and O–H groups in total. The molecule has 1 aliphatic carbocycles. The van der Waals surface area contributed by atoms with Crippen molar-refractivity contribution in [3.05, 3.63) is 89.0 Å². The molecule has 0 bridgehead atoms. The van der Waals surface area contributed by atoms with Crippen LogP contribution in [-0.2, 0) is 24.2 Å². The Bertz CT molecular complexity index is 1360. The minimum atomic E-state index is 0.151. The SMILES string of the molecule is Cc1cccc(CCN2CCN(C(=O)NC3CCCCC3)C(C)C2)c1.N#Cc1ccc(Cn2cncc2CCNC=O)cc1. The number of benzene rings is 2. The molecular formula is C35H47N7O2. The quantitative estimate of drug-likeness (QED) is 0.261. The van der Waals surface area contributed by atoms with Crippen LogP contribution in [0.15, 0.2) is 61.1 Å².